The Kier molecular flexibility index (Phi) is 6.60. The van der Waals surface area contributed by atoms with Gasteiger partial charge in [-0.15, -0.1) is 11.3 Å². The lowest BCUT2D eigenvalue weighted by Crippen LogP contribution is -2.18. The lowest BCUT2D eigenvalue weighted by atomic mass is 10.2. The lowest BCUT2D eigenvalue weighted by Gasteiger charge is -2.11. The summed E-state index contributed by atoms with van der Waals surface area (Å²) in [5.41, 5.74) is 1.58. The van der Waals surface area contributed by atoms with Crippen molar-refractivity contribution in [3.05, 3.63) is 69.5 Å². The first kappa shape index (κ1) is 21.9. The molecular formula is C24H19Cl2N5OS. The topological polar surface area (TPSA) is 72.0 Å². The van der Waals surface area contributed by atoms with E-state index in [9.17, 15) is 0 Å². The van der Waals surface area contributed by atoms with Gasteiger partial charge in [-0.2, -0.15) is 0 Å². The predicted octanol–water partition coefficient (Wildman–Crippen LogP) is 5.82. The smallest absolute Gasteiger partial charge is 0.142 e. The number of fused-ring (bicyclic) bond motifs is 1. The summed E-state index contributed by atoms with van der Waals surface area (Å²) >= 11 is 14.1. The molecule has 3 aromatic heterocycles. The van der Waals surface area contributed by atoms with Gasteiger partial charge in [-0.05, 0) is 49.7 Å². The molecule has 4 aromatic rings. The molecular weight excluding hydrogens is 477 g/mol. The number of anilines is 2. The Balaban J connectivity index is 1.32. The number of pyridine rings is 1. The SMILES string of the molecule is Clc1cc(Nc2ncnc3sc(C#C[C@H]4CCCN4)cc23)ccc1OCc1cccnc1Cl. The minimum atomic E-state index is 0.274. The number of thiophene rings is 1. The molecule has 1 saturated heterocycles. The third kappa shape index (κ3) is 5.21. The monoisotopic (exact) mass is 495 g/mol. The number of rotatable bonds is 5. The second kappa shape index (κ2) is 9.94. The predicted molar refractivity (Wildman–Crippen MR) is 134 cm³/mol. The summed E-state index contributed by atoms with van der Waals surface area (Å²) < 4.78 is 5.82. The van der Waals surface area contributed by atoms with E-state index in [2.05, 4.69) is 37.4 Å². The van der Waals surface area contributed by atoms with Crippen molar-refractivity contribution in [2.75, 3.05) is 11.9 Å². The maximum absolute atomic E-state index is 6.46. The molecule has 1 aliphatic heterocycles. The zero-order valence-electron chi connectivity index (χ0n) is 17.4. The molecule has 0 spiro atoms. The van der Waals surface area contributed by atoms with Crippen LogP contribution in [0.2, 0.25) is 10.2 Å². The van der Waals surface area contributed by atoms with Crippen LogP contribution in [0.25, 0.3) is 10.2 Å². The van der Waals surface area contributed by atoms with Gasteiger partial charge in [-0.3, -0.25) is 0 Å². The number of benzene rings is 1. The normalized spacial score (nSPS) is 15.3. The summed E-state index contributed by atoms with van der Waals surface area (Å²) in [4.78, 5) is 14.7. The number of hydrogen-bond acceptors (Lipinski definition) is 7. The van der Waals surface area contributed by atoms with Crippen molar-refractivity contribution >= 4 is 56.3 Å². The van der Waals surface area contributed by atoms with Gasteiger partial charge >= 0.3 is 0 Å². The van der Waals surface area contributed by atoms with Crippen molar-refractivity contribution in [2.45, 2.75) is 25.5 Å². The molecule has 2 N–H and O–H groups in total. The zero-order chi connectivity index (χ0) is 22.6. The third-order valence-electron chi connectivity index (χ3n) is 5.17. The Morgan fingerprint density at radius 1 is 1.18 bits per heavy atom. The number of hydrogen-bond donors (Lipinski definition) is 2. The summed E-state index contributed by atoms with van der Waals surface area (Å²) in [6, 6.07) is 11.5. The first-order valence-electron chi connectivity index (χ1n) is 10.4. The molecule has 9 heteroatoms. The van der Waals surface area contributed by atoms with Crippen LogP contribution in [0.4, 0.5) is 11.5 Å². The van der Waals surface area contributed by atoms with Gasteiger partial charge in [0.25, 0.3) is 0 Å². The molecule has 1 aromatic carbocycles. The molecule has 0 saturated carbocycles. The van der Waals surface area contributed by atoms with Crippen molar-refractivity contribution in [2.24, 2.45) is 0 Å². The molecule has 6 nitrogen and oxygen atoms in total. The number of nitrogens with one attached hydrogen (secondary N) is 2. The summed E-state index contributed by atoms with van der Waals surface area (Å²) in [6.07, 6.45) is 5.46. The molecule has 0 unspecified atom stereocenters. The van der Waals surface area contributed by atoms with Gasteiger partial charge in [-0.25, -0.2) is 15.0 Å². The highest BCUT2D eigenvalue weighted by Gasteiger charge is 2.12. The van der Waals surface area contributed by atoms with E-state index < -0.39 is 0 Å². The largest absolute Gasteiger partial charge is 0.487 e. The quantitative estimate of drug-likeness (QED) is 0.268. The van der Waals surface area contributed by atoms with E-state index in [4.69, 9.17) is 27.9 Å². The number of nitrogens with zero attached hydrogens (tertiary/aromatic N) is 3. The zero-order valence-corrected chi connectivity index (χ0v) is 19.8. The molecule has 4 heterocycles. The van der Waals surface area contributed by atoms with Crippen LogP contribution in [0.5, 0.6) is 5.75 Å². The lowest BCUT2D eigenvalue weighted by molar-refractivity contribution is 0.306. The second-order valence-corrected chi connectivity index (χ2v) is 9.28. The van der Waals surface area contributed by atoms with Gasteiger partial charge in [0.05, 0.1) is 21.3 Å². The van der Waals surface area contributed by atoms with Gasteiger partial charge in [0, 0.05) is 17.4 Å². The van der Waals surface area contributed by atoms with Gasteiger partial charge in [0.1, 0.15) is 34.5 Å². The molecule has 1 aliphatic rings. The highest BCUT2D eigenvalue weighted by molar-refractivity contribution is 7.19. The molecule has 0 bridgehead atoms. The molecule has 1 fully saturated rings. The second-order valence-electron chi connectivity index (χ2n) is 7.48. The summed E-state index contributed by atoms with van der Waals surface area (Å²) in [5, 5.41) is 8.54. The van der Waals surface area contributed by atoms with Crippen molar-refractivity contribution in [3.63, 3.8) is 0 Å². The van der Waals surface area contributed by atoms with Crippen molar-refractivity contribution in [1.82, 2.24) is 20.3 Å². The van der Waals surface area contributed by atoms with E-state index in [0.29, 0.717) is 21.7 Å². The molecule has 0 aliphatic carbocycles. The van der Waals surface area contributed by atoms with Crippen LogP contribution in [0.1, 0.15) is 23.3 Å². The standard InChI is InChI=1S/C24H19Cl2N5OS/c25-20-11-17(6-8-21(20)32-13-15-3-1-10-28-22(15)26)31-23-19-12-18(33-24(19)30-14-29-23)7-5-16-4-2-9-27-16/h1,3,6,8,10-12,14,16,27H,2,4,9,13H2,(H,29,30,31)/t16-/m1/s1. The average Bonchev–Trinajstić information content (AvgIpc) is 3.48. The van der Waals surface area contributed by atoms with E-state index in [0.717, 1.165) is 39.3 Å². The Bertz CT molecular complexity index is 1360. The van der Waals surface area contributed by atoms with Crippen molar-refractivity contribution < 1.29 is 4.74 Å². The molecule has 33 heavy (non-hydrogen) atoms. The van der Waals surface area contributed by atoms with Crippen molar-refractivity contribution in [3.8, 4) is 17.6 Å². The summed E-state index contributed by atoms with van der Waals surface area (Å²) in [7, 11) is 0. The first-order valence-corrected chi connectivity index (χ1v) is 12.0. The third-order valence-corrected chi connectivity index (χ3v) is 6.77. The van der Waals surface area contributed by atoms with E-state index in [1.807, 2.05) is 30.3 Å². The van der Waals surface area contributed by atoms with Crippen LogP contribution in [0, 0.1) is 11.8 Å². The fourth-order valence-corrected chi connectivity index (χ4v) is 4.77. The van der Waals surface area contributed by atoms with E-state index in [1.54, 1.807) is 29.9 Å². The summed E-state index contributed by atoms with van der Waals surface area (Å²) in [5.74, 6) is 7.84. The van der Waals surface area contributed by atoms with Crippen LogP contribution < -0.4 is 15.4 Å². The van der Waals surface area contributed by atoms with Crippen LogP contribution in [0.3, 0.4) is 0 Å². The van der Waals surface area contributed by atoms with Crippen LogP contribution in [-0.2, 0) is 6.61 Å². The van der Waals surface area contributed by atoms with Gasteiger partial charge in [-0.1, -0.05) is 41.1 Å². The Morgan fingerprint density at radius 3 is 2.94 bits per heavy atom. The highest BCUT2D eigenvalue weighted by Crippen LogP contribution is 2.33. The minimum absolute atomic E-state index is 0.274. The molecule has 166 valence electrons. The fraction of sp³-hybridized carbons (Fsp3) is 0.208. The Hall–Kier alpha value is -2.89. The van der Waals surface area contributed by atoms with Gasteiger partial charge < -0.3 is 15.4 Å². The van der Waals surface area contributed by atoms with E-state index in [-0.39, 0.29) is 12.6 Å². The van der Waals surface area contributed by atoms with Crippen LogP contribution >= 0.6 is 34.5 Å². The number of halogens is 2. The average molecular weight is 496 g/mol. The summed E-state index contributed by atoms with van der Waals surface area (Å²) in [6.45, 7) is 1.32. The minimum Gasteiger partial charge on any atom is -0.487 e. The maximum atomic E-state index is 6.46. The van der Waals surface area contributed by atoms with Gasteiger partial charge in [0.2, 0.25) is 0 Å². The fourth-order valence-electron chi connectivity index (χ4n) is 3.50. The Morgan fingerprint density at radius 2 is 2.12 bits per heavy atom. The van der Waals surface area contributed by atoms with Crippen LogP contribution in [0.15, 0.2) is 48.9 Å². The highest BCUT2D eigenvalue weighted by atomic mass is 35.5. The molecule has 0 radical (unpaired) electrons. The number of ether oxygens (including phenoxy) is 1. The number of aromatic nitrogens is 3. The van der Waals surface area contributed by atoms with Crippen molar-refractivity contribution in [1.29, 1.82) is 0 Å². The van der Waals surface area contributed by atoms with E-state index in [1.165, 1.54) is 6.42 Å². The van der Waals surface area contributed by atoms with Crippen LogP contribution in [-0.4, -0.2) is 27.5 Å². The molecule has 5 rings (SSSR count). The van der Waals surface area contributed by atoms with E-state index >= 15 is 0 Å². The van der Waals surface area contributed by atoms with Gasteiger partial charge in [0.15, 0.2) is 0 Å². The molecule has 0 amide bonds. The first-order chi connectivity index (χ1) is 16.2. The molecule has 1 atom stereocenters. The maximum Gasteiger partial charge on any atom is 0.142 e. The Labute approximate surface area is 205 Å².